The summed E-state index contributed by atoms with van der Waals surface area (Å²) in [6, 6.07) is 0. The second-order valence-corrected chi connectivity index (χ2v) is 16.8. The number of carboxylic acids is 1. The maximum Gasteiger partial charge on any atom is 0.335 e. The van der Waals surface area contributed by atoms with Crippen LogP contribution < -0.4 is 0 Å². The molecule has 0 spiro atoms. The fourth-order valence-corrected chi connectivity index (χ4v) is 8.35. The average molecular weight is 1000 g/mol. The second-order valence-electron chi connectivity index (χ2n) is 16.8. The molecular formula is C36H60O32. The van der Waals surface area contributed by atoms with E-state index in [1.807, 2.05) is 0 Å². The van der Waals surface area contributed by atoms with E-state index in [9.17, 15) is 107 Å². The minimum atomic E-state index is -2.45. The van der Waals surface area contributed by atoms with Crippen LogP contribution in [0.15, 0.2) is 0 Å². The molecule has 0 bridgehead atoms. The lowest BCUT2D eigenvalue weighted by atomic mass is 9.95. The van der Waals surface area contributed by atoms with Gasteiger partial charge < -0.3 is 154 Å². The van der Waals surface area contributed by atoms with Gasteiger partial charge in [0, 0.05) is 0 Å². The highest BCUT2D eigenvalue weighted by atomic mass is 16.8. The predicted molar refractivity (Wildman–Crippen MR) is 200 cm³/mol. The molecule has 6 heterocycles. The molecule has 0 aromatic carbocycles. The van der Waals surface area contributed by atoms with E-state index in [0.29, 0.717) is 0 Å². The zero-order chi connectivity index (χ0) is 50.2. The van der Waals surface area contributed by atoms with Crippen LogP contribution in [0.2, 0.25) is 0 Å². The zero-order valence-corrected chi connectivity index (χ0v) is 35.2. The van der Waals surface area contributed by atoms with Crippen molar-refractivity contribution in [1.29, 1.82) is 0 Å². The van der Waals surface area contributed by atoms with Crippen molar-refractivity contribution in [2.45, 2.75) is 184 Å². The highest BCUT2D eigenvalue weighted by molar-refractivity contribution is 5.73. The Morgan fingerprint density at radius 2 is 0.721 bits per heavy atom. The van der Waals surface area contributed by atoms with Crippen molar-refractivity contribution in [3.8, 4) is 0 Å². The number of hydrogen-bond acceptors (Lipinski definition) is 31. The number of aliphatic hydroxyl groups is 19. The number of aliphatic carboxylic acids is 1. The summed E-state index contributed by atoms with van der Waals surface area (Å²) in [6.45, 7) is -4.90. The van der Waals surface area contributed by atoms with Gasteiger partial charge in [-0.05, 0) is 0 Å². The number of ether oxygens (including phenoxy) is 11. The van der Waals surface area contributed by atoms with Crippen LogP contribution in [-0.4, -0.2) is 325 Å². The van der Waals surface area contributed by atoms with Gasteiger partial charge in [0.05, 0.1) is 33.0 Å². The monoisotopic (exact) mass is 1000 g/mol. The summed E-state index contributed by atoms with van der Waals surface area (Å²) in [7, 11) is 0. The van der Waals surface area contributed by atoms with Crippen molar-refractivity contribution in [1.82, 2.24) is 0 Å². The summed E-state index contributed by atoms with van der Waals surface area (Å²) in [5.74, 6) is -1.95. The molecule has 0 saturated carbocycles. The van der Waals surface area contributed by atoms with Gasteiger partial charge >= 0.3 is 5.97 Å². The molecule has 0 amide bonds. The molecule has 0 aliphatic carbocycles. The molecule has 20 N–H and O–H groups in total. The maximum atomic E-state index is 12.6. The molecule has 32 nitrogen and oxygen atoms in total. The SMILES string of the molecule is O=C(O)[C@H]1O[C@H](O[C@H]2[C@H](O[C@H]3[C@H](O)[C@@H](O)[C@H](OC[C@H]4O[C@@H](O)[C@H](O)[C@@H](O)[C@H]4O)O[C@@H]3CO)O[C@H](CO)[C@H](O)[C@@H]2O[C@@H]2O[C@H](CO)[C@H](O)[C@H](O)[C@H]2O)[C@H](O)[C@@H](O)[C@@H]1O[C@@H]1O[C@H](CO)[C@@H](O)[C@H](O)[C@H]1O. The van der Waals surface area contributed by atoms with Gasteiger partial charge in [-0.3, -0.25) is 0 Å². The highest BCUT2D eigenvalue weighted by Gasteiger charge is 2.59. The van der Waals surface area contributed by atoms with Gasteiger partial charge in [-0.15, -0.1) is 0 Å². The van der Waals surface area contributed by atoms with Crippen molar-refractivity contribution >= 4 is 5.97 Å². The van der Waals surface area contributed by atoms with E-state index in [4.69, 9.17) is 52.1 Å². The Morgan fingerprint density at radius 1 is 0.338 bits per heavy atom. The third-order valence-corrected chi connectivity index (χ3v) is 12.4. The van der Waals surface area contributed by atoms with E-state index in [2.05, 4.69) is 0 Å². The maximum absolute atomic E-state index is 12.6. The number of hydrogen-bond donors (Lipinski definition) is 20. The molecule has 0 unspecified atom stereocenters. The van der Waals surface area contributed by atoms with E-state index in [0.717, 1.165) is 0 Å². The third-order valence-electron chi connectivity index (χ3n) is 12.4. The highest BCUT2D eigenvalue weighted by Crippen LogP contribution is 2.37. The van der Waals surface area contributed by atoms with E-state index in [1.165, 1.54) is 0 Å². The van der Waals surface area contributed by atoms with Crippen LogP contribution in [0, 0.1) is 0 Å². The molecule has 0 radical (unpaired) electrons. The third kappa shape index (κ3) is 11.2. The largest absolute Gasteiger partial charge is 0.479 e. The Labute approximate surface area is 382 Å². The molecule has 6 saturated heterocycles. The summed E-state index contributed by atoms with van der Waals surface area (Å²) in [5.41, 5.74) is 0. The molecule has 32 heteroatoms. The van der Waals surface area contributed by atoms with Gasteiger partial charge in [-0.2, -0.15) is 0 Å². The lowest BCUT2D eigenvalue weighted by molar-refractivity contribution is -0.409. The first-order chi connectivity index (χ1) is 32.1. The Bertz CT molecular complexity index is 1580. The molecule has 0 aromatic heterocycles. The molecular weight excluding hydrogens is 944 g/mol. The van der Waals surface area contributed by atoms with Crippen LogP contribution >= 0.6 is 0 Å². The summed E-state index contributed by atoms with van der Waals surface area (Å²) >= 11 is 0. The molecule has 396 valence electrons. The summed E-state index contributed by atoms with van der Waals surface area (Å²) in [5, 5.41) is 210. The molecule has 6 aliphatic heterocycles. The van der Waals surface area contributed by atoms with Crippen LogP contribution in [0.1, 0.15) is 0 Å². The first kappa shape index (κ1) is 55.6. The molecule has 68 heavy (non-hydrogen) atoms. The van der Waals surface area contributed by atoms with Gasteiger partial charge in [0.2, 0.25) is 0 Å². The van der Waals surface area contributed by atoms with Gasteiger partial charge in [0.1, 0.15) is 140 Å². The van der Waals surface area contributed by atoms with E-state index >= 15 is 0 Å². The van der Waals surface area contributed by atoms with Gasteiger partial charge in [0.25, 0.3) is 0 Å². The lowest BCUT2D eigenvalue weighted by Crippen LogP contribution is -2.69. The average Bonchev–Trinajstić information content (AvgIpc) is 3.32. The first-order valence-electron chi connectivity index (χ1n) is 21.1. The molecule has 6 rings (SSSR count). The minimum Gasteiger partial charge on any atom is -0.479 e. The summed E-state index contributed by atoms with van der Waals surface area (Å²) in [4.78, 5) is 12.6. The molecule has 30 atom stereocenters. The van der Waals surface area contributed by atoms with Gasteiger partial charge in [-0.25, -0.2) is 4.79 Å². The smallest absolute Gasteiger partial charge is 0.335 e. The fourth-order valence-electron chi connectivity index (χ4n) is 8.35. The van der Waals surface area contributed by atoms with E-state index in [1.54, 1.807) is 0 Å². The van der Waals surface area contributed by atoms with Crippen LogP contribution in [0.25, 0.3) is 0 Å². The summed E-state index contributed by atoms with van der Waals surface area (Å²) in [6.07, 6.45) is -61.6. The predicted octanol–water partition coefficient (Wildman–Crippen LogP) is -14.0. The van der Waals surface area contributed by atoms with Crippen LogP contribution in [-0.2, 0) is 56.9 Å². The van der Waals surface area contributed by atoms with Crippen molar-refractivity contribution < 1.29 is 159 Å². The topological polar surface area (TPSA) is 523 Å². The van der Waals surface area contributed by atoms with Crippen molar-refractivity contribution in [3.05, 3.63) is 0 Å². The minimum absolute atomic E-state index is 0.782. The Balaban J connectivity index is 1.28. The van der Waals surface area contributed by atoms with Crippen molar-refractivity contribution in [2.24, 2.45) is 0 Å². The van der Waals surface area contributed by atoms with Crippen LogP contribution in [0.4, 0.5) is 0 Å². The van der Waals surface area contributed by atoms with Crippen molar-refractivity contribution in [3.63, 3.8) is 0 Å². The zero-order valence-electron chi connectivity index (χ0n) is 35.2. The number of rotatable bonds is 16. The van der Waals surface area contributed by atoms with Gasteiger partial charge in [0.15, 0.2) is 43.8 Å². The van der Waals surface area contributed by atoms with E-state index in [-0.39, 0.29) is 0 Å². The van der Waals surface area contributed by atoms with Crippen molar-refractivity contribution in [2.75, 3.05) is 33.0 Å². The number of carboxylic acid groups (broad SMARTS) is 1. The van der Waals surface area contributed by atoms with Crippen LogP contribution in [0.5, 0.6) is 0 Å². The van der Waals surface area contributed by atoms with Gasteiger partial charge in [-0.1, -0.05) is 0 Å². The quantitative estimate of drug-likeness (QED) is 0.0683. The number of carbonyl (C=O) groups is 1. The molecule has 6 fully saturated rings. The lowest BCUT2D eigenvalue weighted by Gasteiger charge is -2.51. The number of aliphatic hydroxyl groups excluding tert-OH is 19. The van der Waals surface area contributed by atoms with Crippen LogP contribution in [0.3, 0.4) is 0 Å². The Morgan fingerprint density at radius 3 is 1.25 bits per heavy atom. The first-order valence-corrected chi connectivity index (χ1v) is 21.1. The normalized spacial score (nSPS) is 52.7. The molecule has 6 aliphatic rings. The standard InChI is InChI=1S/C36H60O32/c37-1-6-11(41)16(46)21(51)33(60-6)65-26-14(44)8(3-39)62-36(64-25-9(4-40)63-32(23(53)18(25)48)58-5-10-13(43)15(45)20(50)31(57)59-10)29(26)68-35-24(54)19(49)27(28(67-35)30(55)56)66-34-22(52)17(47)12(42)7(2-38)61-34/h6-29,31-54,57H,1-5H2,(H,55,56)/t6-,7-,8-,9-,10-,11+,12-,13+,14+,15+,16+,17+,18-,19-,20-,21-,22-,23-,24-,25-,26+,27+,28+,29-,31-,32-,33+,34+,35-,36+/m1/s1. The fraction of sp³-hybridized carbons (Fsp3) is 0.972. The second kappa shape index (κ2) is 23.4. The van der Waals surface area contributed by atoms with E-state index < -0.39 is 223 Å². The Hall–Kier alpha value is -1.73. The Kier molecular flexibility index (Phi) is 19.2. The summed E-state index contributed by atoms with van der Waals surface area (Å²) < 4.78 is 61.0. The molecule has 0 aromatic rings.